The van der Waals surface area contributed by atoms with Crippen molar-refractivity contribution in [2.45, 2.75) is 19.4 Å². The van der Waals surface area contributed by atoms with Crippen LogP contribution in [0.15, 0.2) is 72.8 Å². The molecule has 1 aliphatic heterocycles. The molecule has 0 saturated carbocycles. The number of aldehydes is 1. The van der Waals surface area contributed by atoms with Crippen molar-refractivity contribution in [2.24, 2.45) is 0 Å². The number of anilines is 1. The normalized spacial score (nSPS) is 13.4. The summed E-state index contributed by atoms with van der Waals surface area (Å²) in [5.41, 5.74) is 5.92. The molecule has 3 nitrogen and oxygen atoms in total. The molecule has 0 unspecified atom stereocenters. The van der Waals surface area contributed by atoms with E-state index in [0.29, 0.717) is 24.9 Å². The maximum atomic E-state index is 12.5. The summed E-state index contributed by atoms with van der Waals surface area (Å²) in [6, 6.07) is 24.1. The third-order valence-electron chi connectivity index (χ3n) is 4.90. The fraction of sp³-hybridized carbons (Fsp3) is 0.130. The topological polar surface area (TPSA) is 37.4 Å². The summed E-state index contributed by atoms with van der Waals surface area (Å²) >= 11 is 0. The van der Waals surface area contributed by atoms with Crippen LogP contribution in [-0.2, 0) is 17.8 Å². The minimum atomic E-state index is 0.104. The van der Waals surface area contributed by atoms with E-state index in [0.717, 1.165) is 28.7 Å². The lowest BCUT2D eigenvalue weighted by atomic mass is 9.95. The Morgan fingerprint density at radius 3 is 2.27 bits per heavy atom. The maximum absolute atomic E-state index is 12.5. The molecule has 0 N–H and O–H groups in total. The molecule has 0 aliphatic carbocycles. The monoisotopic (exact) mass is 341 g/mol. The molecule has 1 amide bonds. The van der Waals surface area contributed by atoms with Gasteiger partial charge in [0.15, 0.2) is 0 Å². The summed E-state index contributed by atoms with van der Waals surface area (Å²) in [6.07, 6.45) is 1.95. The highest BCUT2D eigenvalue weighted by atomic mass is 16.2. The average molecular weight is 341 g/mol. The van der Waals surface area contributed by atoms with Crippen molar-refractivity contribution < 1.29 is 9.59 Å². The molecule has 0 fully saturated rings. The average Bonchev–Trinajstić information content (AvgIpc) is 2.71. The van der Waals surface area contributed by atoms with Crippen LogP contribution >= 0.6 is 0 Å². The molecule has 1 heterocycles. The van der Waals surface area contributed by atoms with Gasteiger partial charge >= 0.3 is 0 Å². The molecule has 0 bridgehead atoms. The Bertz CT molecular complexity index is 946. The first-order valence-corrected chi connectivity index (χ1v) is 8.78. The van der Waals surface area contributed by atoms with Gasteiger partial charge in [0.05, 0.1) is 6.54 Å². The Morgan fingerprint density at radius 2 is 1.54 bits per heavy atom. The number of hydrogen-bond acceptors (Lipinski definition) is 2. The van der Waals surface area contributed by atoms with Gasteiger partial charge in [-0.2, -0.15) is 0 Å². The van der Waals surface area contributed by atoms with Crippen molar-refractivity contribution in [1.82, 2.24) is 0 Å². The molecule has 0 atom stereocenters. The maximum Gasteiger partial charge on any atom is 0.227 e. The fourth-order valence-electron chi connectivity index (χ4n) is 3.52. The molecule has 3 heteroatoms. The molecular formula is C23H19NO2. The third kappa shape index (κ3) is 3.04. The largest absolute Gasteiger partial charge is 0.308 e. The quantitative estimate of drug-likeness (QED) is 0.648. The van der Waals surface area contributed by atoms with Gasteiger partial charge in [0.25, 0.3) is 0 Å². The predicted octanol–water partition coefficient (Wildman–Crippen LogP) is 4.65. The number of fused-ring (bicyclic) bond motifs is 1. The van der Waals surface area contributed by atoms with E-state index < -0.39 is 0 Å². The summed E-state index contributed by atoms with van der Waals surface area (Å²) in [6.45, 7) is 0.517. The van der Waals surface area contributed by atoms with Crippen LogP contribution < -0.4 is 4.90 Å². The van der Waals surface area contributed by atoms with Crippen LogP contribution in [-0.4, -0.2) is 12.2 Å². The molecule has 26 heavy (non-hydrogen) atoms. The summed E-state index contributed by atoms with van der Waals surface area (Å²) in [5.74, 6) is 0.104. The van der Waals surface area contributed by atoms with Gasteiger partial charge < -0.3 is 4.90 Å². The molecule has 4 rings (SSSR count). The second-order valence-electron chi connectivity index (χ2n) is 6.51. The van der Waals surface area contributed by atoms with E-state index in [1.165, 1.54) is 5.56 Å². The number of benzene rings is 3. The van der Waals surface area contributed by atoms with Crippen molar-refractivity contribution in [2.75, 3.05) is 4.90 Å². The van der Waals surface area contributed by atoms with Gasteiger partial charge in [-0.25, -0.2) is 0 Å². The van der Waals surface area contributed by atoms with Gasteiger partial charge in [-0.05, 0) is 34.7 Å². The van der Waals surface area contributed by atoms with Gasteiger partial charge in [-0.15, -0.1) is 0 Å². The SMILES string of the molecule is O=Cc1cccc2c1CCC(=O)N2Cc1ccc(-c2ccccc2)cc1. The van der Waals surface area contributed by atoms with Crippen LogP contribution in [0.1, 0.15) is 27.9 Å². The van der Waals surface area contributed by atoms with E-state index in [1.807, 2.05) is 36.4 Å². The summed E-state index contributed by atoms with van der Waals surface area (Å²) in [5, 5.41) is 0. The van der Waals surface area contributed by atoms with Crippen molar-refractivity contribution in [1.29, 1.82) is 0 Å². The number of amides is 1. The summed E-state index contributed by atoms with van der Waals surface area (Å²) in [7, 11) is 0. The van der Waals surface area contributed by atoms with Gasteiger partial charge in [-0.3, -0.25) is 9.59 Å². The molecule has 3 aromatic rings. The fourth-order valence-corrected chi connectivity index (χ4v) is 3.52. The zero-order valence-corrected chi connectivity index (χ0v) is 14.4. The van der Waals surface area contributed by atoms with E-state index >= 15 is 0 Å². The van der Waals surface area contributed by atoms with E-state index in [4.69, 9.17) is 0 Å². The highest BCUT2D eigenvalue weighted by Crippen LogP contribution is 2.31. The van der Waals surface area contributed by atoms with Crippen molar-refractivity contribution in [3.8, 4) is 11.1 Å². The van der Waals surface area contributed by atoms with Crippen molar-refractivity contribution in [3.05, 3.63) is 89.5 Å². The lowest BCUT2D eigenvalue weighted by molar-refractivity contribution is -0.119. The molecule has 0 saturated heterocycles. The van der Waals surface area contributed by atoms with Gasteiger partial charge in [0, 0.05) is 17.7 Å². The Labute approximate surface area is 152 Å². The summed E-state index contributed by atoms with van der Waals surface area (Å²) in [4.78, 5) is 25.6. The molecular weight excluding hydrogens is 322 g/mol. The lowest BCUT2D eigenvalue weighted by Gasteiger charge is -2.30. The minimum Gasteiger partial charge on any atom is -0.308 e. The van der Waals surface area contributed by atoms with Crippen molar-refractivity contribution >= 4 is 17.9 Å². The lowest BCUT2D eigenvalue weighted by Crippen LogP contribution is -2.35. The zero-order chi connectivity index (χ0) is 17.9. The molecule has 0 spiro atoms. The molecule has 3 aromatic carbocycles. The van der Waals surface area contributed by atoms with Crippen LogP contribution in [0.2, 0.25) is 0 Å². The second-order valence-corrected chi connectivity index (χ2v) is 6.51. The first-order chi connectivity index (χ1) is 12.8. The highest BCUT2D eigenvalue weighted by Gasteiger charge is 2.25. The molecule has 128 valence electrons. The first-order valence-electron chi connectivity index (χ1n) is 8.78. The van der Waals surface area contributed by atoms with Crippen LogP contribution in [0.4, 0.5) is 5.69 Å². The summed E-state index contributed by atoms with van der Waals surface area (Å²) < 4.78 is 0. The Balaban J connectivity index is 1.62. The zero-order valence-electron chi connectivity index (χ0n) is 14.4. The first kappa shape index (κ1) is 16.3. The van der Waals surface area contributed by atoms with Crippen LogP contribution in [0.3, 0.4) is 0 Å². The Morgan fingerprint density at radius 1 is 0.808 bits per heavy atom. The molecule has 0 aromatic heterocycles. The smallest absolute Gasteiger partial charge is 0.227 e. The number of nitrogens with zero attached hydrogens (tertiary/aromatic N) is 1. The van der Waals surface area contributed by atoms with E-state index in [-0.39, 0.29) is 5.91 Å². The Kier molecular flexibility index (Phi) is 4.36. The van der Waals surface area contributed by atoms with Gasteiger partial charge in [0.1, 0.15) is 6.29 Å². The van der Waals surface area contributed by atoms with Gasteiger partial charge in [0.2, 0.25) is 5.91 Å². The van der Waals surface area contributed by atoms with Crippen LogP contribution in [0.25, 0.3) is 11.1 Å². The second kappa shape index (κ2) is 6.96. The standard InChI is InChI=1S/C23H19NO2/c25-16-20-7-4-8-22-21(20)13-14-23(26)24(22)15-17-9-11-19(12-10-17)18-5-2-1-3-6-18/h1-12,16H,13-15H2. The van der Waals surface area contributed by atoms with E-state index in [9.17, 15) is 9.59 Å². The highest BCUT2D eigenvalue weighted by molar-refractivity contribution is 5.98. The van der Waals surface area contributed by atoms with Crippen LogP contribution in [0.5, 0.6) is 0 Å². The number of rotatable bonds is 4. The molecule has 0 radical (unpaired) electrons. The third-order valence-corrected chi connectivity index (χ3v) is 4.90. The predicted molar refractivity (Wildman–Crippen MR) is 103 cm³/mol. The molecule has 1 aliphatic rings. The van der Waals surface area contributed by atoms with Crippen LogP contribution in [0, 0.1) is 0 Å². The Hall–Kier alpha value is -3.20. The number of hydrogen-bond donors (Lipinski definition) is 0. The van der Waals surface area contributed by atoms with E-state index in [1.54, 1.807) is 4.90 Å². The van der Waals surface area contributed by atoms with Crippen molar-refractivity contribution in [3.63, 3.8) is 0 Å². The van der Waals surface area contributed by atoms with E-state index in [2.05, 4.69) is 36.4 Å². The van der Waals surface area contributed by atoms with Gasteiger partial charge in [-0.1, -0.05) is 66.7 Å². The number of carbonyl (C=O) groups excluding carboxylic acids is 2. The minimum absolute atomic E-state index is 0.104. The number of carbonyl (C=O) groups is 2.